The van der Waals surface area contributed by atoms with Gasteiger partial charge in [0.25, 0.3) is 5.91 Å². The Morgan fingerprint density at radius 3 is 2.68 bits per heavy atom. The molecule has 1 aliphatic heterocycles. The summed E-state index contributed by atoms with van der Waals surface area (Å²) in [6.07, 6.45) is 0.315. The number of rotatable bonds is 2. The minimum atomic E-state index is -0.288. The first-order valence-electron chi connectivity index (χ1n) is 6.88. The number of nitrogens with one attached hydrogen (secondary N) is 3. The van der Waals surface area contributed by atoms with Gasteiger partial charge in [0.15, 0.2) is 0 Å². The molecule has 0 spiro atoms. The number of H-pyrrole nitrogens is 1. The Hall–Kier alpha value is -2.89. The van der Waals surface area contributed by atoms with E-state index in [1.165, 1.54) is 6.07 Å². The number of carbonyl (C=O) groups is 2. The lowest BCUT2D eigenvalue weighted by molar-refractivity contribution is -0.115. The minimum Gasteiger partial charge on any atom is -0.326 e. The molecule has 1 aromatic carbocycles. The van der Waals surface area contributed by atoms with Crippen LogP contribution in [0.5, 0.6) is 0 Å². The van der Waals surface area contributed by atoms with Gasteiger partial charge >= 0.3 is 0 Å². The van der Waals surface area contributed by atoms with Gasteiger partial charge in [0.1, 0.15) is 0 Å². The summed E-state index contributed by atoms with van der Waals surface area (Å²) in [6.45, 7) is 3.41. The van der Waals surface area contributed by atoms with Crippen LogP contribution in [-0.4, -0.2) is 16.8 Å². The van der Waals surface area contributed by atoms with Crippen LogP contribution in [0.1, 0.15) is 27.2 Å². The highest BCUT2D eigenvalue weighted by Gasteiger charge is 2.19. The summed E-state index contributed by atoms with van der Waals surface area (Å²) >= 11 is 0. The van der Waals surface area contributed by atoms with Crippen LogP contribution < -0.4 is 16.2 Å². The van der Waals surface area contributed by atoms with Crippen LogP contribution >= 0.6 is 0 Å². The van der Waals surface area contributed by atoms with Gasteiger partial charge in [0, 0.05) is 23.1 Å². The molecular weight excluding hydrogens is 282 g/mol. The molecule has 2 amide bonds. The van der Waals surface area contributed by atoms with Gasteiger partial charge in [-0.1, -0.05) is 0 Å². The minimum absolute atomic E-state index is 0.0502. The van der Waals surface area contributed by atoms with E-state index in [2.05, 4.69) is 15.6 Å². The predicted molar refractivity (Wildman–Crippen MR) is 83.3 cm³/mol. The van der Waals surface area contributed by atoms with Gasteiger partial charge in [0.05, 0.1) is 12.0 Å². The Morgan fingerprint density at radius 1 is 1.18 bits per heavy atom. The fourth-order valence-electron chi connectivity index (χ4n) is 2.70. The van der Waals surface area contributed by atoms with Crippen molar-refractivity contribution >= 4 is 23.2 Å². The molecule has 0 aliphatic carbocycles. The van der Waals surface area contributed by atoms with Crippen molar-refractivity contribution in [2.24, 2.45) is 0 Å². The Morgan fingerprint density at radius 2 is 1.95 bits per heavy atom. The molecule has 0 unspecified atom stereocenters. The summed E-state index contributed by atoms with van der Waals surface area (Å²) in [5.41, 5.74) is 3.63. The third kappa shape index (κ3) is 2.50. The number of aromatic amines is 1. The van der Waals surface area contributed by atoms with Gasteiger partial charge in [0.2, 0.25) is 11.5 Å². The standard InChI is InChI=1S/C16H15N3O3/c1-8-5-13(20)17-9(2)15(8)16(22)18-11-3-4-12-10(6-11)7-14(21)19-12/h3-6H,7H2,1-2H3,(H,17,20)(H,18,22)(H,19,21). The number of aryl methyl sites for hydroxylation is 2. The number of pyridine rings is 1. The van der Waals surface area contributed by atoms with Gasteiger partial charge in [-0.25, -0.2) is 0 Å². The fraction of sp³-hybridized carbons (Fsp3) is 0.188. The number of amides is 2. The topological polar surface area (TPSA) is 91.1 Å². The summed E-state index contributed by atoms with van der Waals surface area (Å²) in [6, 6.07) is 6.68. The summed E-state index contributed by atoms with van der Waals surface area (Å²) in [7, 11) is 0. The van der Waals surface area contributed by atoms with E-state index in [0.29, 0.717) is 28.9 Å². The van der Waals surface area contributed by atoms with Crippen molar-refractivity contribution in [2.45, 2.75) is 20.3 Å². The van der Waals surface area contributed by atoms with Crippen LogP contribution in [0.25, 0.3) is 0 Å². The number of carbonyl (C=O) groups excluding carboxylic acids is 2. The molecule has 3 rings (SSSR count). The Bertz CT molecular complexity index is 826. The van der Waals surface area contributed by atoms with E-state index in [0.717, 1.165) is 11.3 Å². The maximum absolute atomic E-state index is 12.4. The molecule has 112 valence electrons. The summed E-state index contributed by atoms with van der Waals surface area (Å²) in [5.74, 6) is -0.339. The van der Waals surface area contributed by atoms with Gasteiger partial charge in [-0.05, 0) is 43.2 Å². The highest BCUT2D eigenvalue weighted by molar-refractivity contribution is 6.06. The number of fused-ring (bicyclic) bond motifs is 1. The predicted octanol–water partition coefficient (Wildman–Crippen LogP) is 1.74. The van der Waals surface area contributed by atoms with E-state index in [1.807, 2.05) is 0 Å². The lowest BCUT2D eigenvalue weighted by Gasteiger charge is -2.11. The molecule has 2 heterocycles. The van der Waals surface area contributed by atoms with Crippen LogP contribution in [0.3, 0.4) is 0 Å². The van der Waals surface area contributed by atoms with Crippen LogP contribution in [0.15, 0.2) is 29.1 Å². The first-order valence-corrected chi connectivity index (χ1v) is 6.88. The van der Waals surface area contributed by atoms with E-state index in [9.17, 15) is 14.4 Å². The van der Waals surface area contributed by atoms with Crippen LogP contribution in [-0.2, 0) is 11.2 Å². The number of aromatic nitrogens is 1. The van der Waals surface area contributed by atoms with Crippen LogP contribution in [0.4, 0.5) is 11.4 Å². The molecule has 0 radical (unpaired) electrons. The van der Waals surface area contributed by atoms with Gasteiger partial charge in [-0.15, -0.1) is 0 Å². The second-order valence-electron chi connectivity index (χ2n) is 5.37. The highest BCUT2D eigenvalue weighted by atomic mass is 16.2. The Balaban J connectivity index is 1.88. The molecule has 6 nitrogen and oxygen atoms in total. The van der Waals surface area contributed by atoms with Crippen LogP contribution in [0.2, 0.25) is 0 Å². The van der Waals surface area contributed by atoms with Gasteiger partial charge in [-0.2, -0.15) is 0 Å². The molecule has 1 aliphatic rings. The molecule has 22 heavy (non-hydrogen) atoms. The average Bonchev–Trinajstić information content (AvgIpc) is 2.76. The summed E-state index contributed by atoms with van der Waals surface area (Å²) in [5, 5.41) is 5.55. The molecular formula is C16H15N3O3. The molecule has 0 fully saturated rings. The van der Waals surface area contributed by atoms with Crippen molar-refractivity contribution in [2.75, 3.05) is 10.6 Å². The maximum atomic E-state index is 12.4. The third-order valence-electron chi connectivity index (χ3n) is 3.64. The zero-order valence-electron chi connectivity index (χ0n) is 12.2. The lowest BCUT2D eigenvalue weighted by atomic mass is 10.1. The number of anilines is 2. The molecule has 0 bridgehead atoms. The second-order valence-corrected chi connectivity index (χ2v) is 5.37. The number of hydrogen-bond acceptors (Lipinski definition) is 3. The molecule has 1 aromatic heterocycles. The largest absolute Gasteiger partial charge is 0.326 e. The summed E-state index contributed by atoms with van der Waals surface area (Å²) in [4.78, 5) is 37.8. The van der Waals surface area contributed by atoms with E-state index in [4.69, 9.17) is 0 Å². The molecule has 0 saturated carbocycles. The molecule has 3 N–H and O–H groups in total. The molecule has 0 atom stereocenters. The van der Waals surface area contributed by atoms with Crippen molar-refractivity contribution in [3.8, 4) is 0 Å². The zero-order chi connectivity index (χ0) is 15.9. The van der Waals surface area contributed by atoms with Crippen molar-refractivity contribution in [3.63, 3.8) is 0 Å². The highest BCUT2D eigenvalue weighted by Crippen LogP contribution is 2.26. The zero-order valence-corrected chi connectivity index (χ0v) is 12.2. The van der Waals surface area contributed by atoms with Gasteiger partial charge in [-0.3, -0.25) is 14.4 Å². The Labute approximate surface area is 126 Å². The maximum Gasteiger partial charge on any atom is 0.257 e. The smallest absolute Gasteiger partial charge is 0.257 e. The second kappa shape index (κ2) is 5.14. The first kappa shape index (κ1) is 14.1. The lowest BCUT2D eigenvalue weighted by Crippen LogP contribution is -2.19. The third-order valence-corrected chi connectivity index (χ3v) is 3.64. The molecule has 2 aromatic rings. The van der Waals surface area contributed by atoms with E-state index in [-0.39, 0.29) is 17.4 Å². The van der Waals surface area contributed by atoms with E-state index >= 15 is 0 Å². The molecule has 0 saturated heterocycles. The SMILES string of the molecule is Cc1cc(=O)[nH]c(C)c1C(=O)Nc1ccc2c(c1)CC(=O)N2. The number of benzene rings is 1. The van der Waals surface area contributed by atoms with Crippen molar-refractivity contribution in [1.29, 1.82) is 0 Å². The van der Waals surface area contributed by atoms with Crippen molar-refractivity contribution in [3.05, 3.63) is 57.0 Å². The molecule has 6 heteroatoms. The first-order chi connectivity index (χ1) is 10.4. The summed E-state index contributed by atoms with van der Waals surface area (Å²) < 4.78 is 0. The average molecular weight is 297 g/mol. The van der Waals surface area contributed by atoms with E-state index in [1.54, 1.807) is 32.0 Å². The van der Waals surface area contributed by atoms with Crippen molar-refractivity contribution in [1.82, 2.24) is 4.98 Å². The van der Waals surface area contributed by atoms with E-state index < -0.39 is 0 Å². The van der Waals surface area contributed by atoms with Crippen LogP contribution in [0, 0.1) is 13.8 Å². The Kier molecular flexibility index (Phi) is 3.29. The monoisotopic (exact) mass is 297 g/mol. The van der Waals surface area contributed by atoms with Gasteiger partial charge < -0.3 is 15.6 Å². The van der Waals surface area contributed by atoms with Crippen molar-refractivity contribution < 1.29 is 9.59 Å². The number of hydrogen-bond donors (Lipinski definition) is 3. The normalized spacial score (nSPS) is 12.7. The quantitative estimate of drug-likeness (QED) is 0.788. The fourth-order valence-corrected chi connectivity index (χ4v) is 2.70.